The summed E-state index contributed by atoms with van der Waals surface area (Å²) in [6.45, 7) is 4.22. The molecule has 1 aliphatic rings. The monoisotopic (exact) mass is 703 g/mol. The number of carbonyl (C=O) groups excluding carboxylic acids is 2. The predicted molar refractivity (Wildman–Crippen MR) is 209 cm³/mol. The Labute approximate surface area is 308 Å². The van der Waals surface area contributed by atoms with E-state index in [0.717, 1.165) is 44.9 Å². The molecule has 2 unspecified atom stereocenters. The summed E-state index contributed by atoms with van der Waals surface area (Å²) in [6, 6.07) is 0. The molecule has 6 heteroatoms. The van der Waals surface area contributed by atoms with Gasteiger partial charge in [-0.2, -0.15) is 0 Å². The van der Waals surface area contributed by atoms with E-state index < -0.39 is 6.10 Å². The summed E-state index contributed by atoms with van der Waals surface area (Å²) >= 11 is 0. The Morgan fingerprint density at radius 3 is 1.48 bits per heavy atom. The van der Waals surface area contributed by atoms with E-state index in [0.29, 0.717) is 19.3 Å². The van der Waals surface area contributed by atoms with Crippen LogP contribution >= 0.6 is 0 Å². The number of aliphatic hydroxyl groups excluding tert-OH is 1. The van der Waals surface area contributed by atoms with Crippen molar-refractivity contribution in [2.75, 3.05) is 13.2 Å². The molecule has 0 saturated carbocycles. The molecule has 50 heavy (non-hydrogen) atoms. The van der Waals surface area contributed by atoms with Gasteiger partial charge in [0.05, 0.1) is 12.2 Å². The second kappa shape index (κ2) is 35.5. The molecule has 1 fully saturated rings. The molecule has 0 radical (unpaired) electrons. The van der Waals surface area contributed by atoms with Crippen molar-refractivity contribution in [3.8, 4) is 0 Å². The summed E-state index contributed by atoms with van der Waals surface area (Å²) in [4.78, 5) is 24.1. The molecular weight excluding hydrogens is 624 g/mol. The van der Waals surface area contributed by atoms with Crippen LogP contribution < -0.4 is 0 Å². The van der Waals surface area contributed by atoms with Gasteiger partial charge in [0.25, 0.3) is 0 Å². The zero-order valence-electron chi connectivity index (χ0n) is 32.6. The number of aliphatic hydroxyl groups is 1. The van der Waals surface area contributed by atoms with Crippen molar-refractivity contribution in [2.45, 2.75) is 218 Å². The first-order chi connectivity index (χ1) is 24.6. The van der Waals surface area contributed by atoms with E-state index in [-0.39, 0.29) is 37.4 Å². The second-order valence-corrected chi connectivity index (χ2v) is 14.5. The van der Waals surface area contributed by atoms with E-state index in [2.05, 4.69) is 50.3 Å². The fraction of sp³-hybridized carbons (Fsp3) is 0.818. The lowest BCUT2D eigenvalue weighted by atomic mass is 10.0. The van der Waals surface area contributed by atoms with Crippen LogP contribution in [0.2, 0.25) is 0 Å². The summed E-state index contributed by atoms with van der Waals surface area (Å²) < 4.78 is 16.1. The average molecular weight is 703 g/mol. The van der Waals surface area contributed by atoms with Crippen LogP contribution in [0, 0.1) is 0 Å². The quantitative estimate of drug-likeness (QED) is 0.0300. The Bertz CT molecular complexity index is 865. The minimum absolute atomic E-state index is 0.137. The maximum atomic E-state index is 12.1. The van der Waals surface area contributed by atoms with Gasteiger partial charge in [-0.1, -0.05) is 172 Å². The van der Waals surface area contributed by atoms with Crippen molar-refractivity contribution >= 4 is 11.9 Å². The standard InChI is InChI=1S/C44H78O6/c1-3-5-7-9-11-13-15-17-18-19-20-21-22-24-26-28-30-32-36-43(46)48-38-40(45)39-49-44(47)37-33-35-42-41(50-42)34-31-29-27-25-23-16-14-12-10-8-6-4-2/h12,14,23,25,29,31,40-42,45H,3-11,13,15-22,24,26-28,30,32-39H2,1-2H3/b14-12-,25-23-,31-29-/t40-,41?,42?/m0/s1. The van der Waals surface area contributed by atoms with Crippen molar-refractivity contribution in [3.63, 3.8) is 0 Å². The second-order valence-electron chi connectivity index (χ2n) is 14.5. The molecule has 1 saturated heterocycles. The molecule has 1 aliphatic heterocycles. The van der Waals surface area contributed by atoms with Gasteiger partial charge in [-0.25, -0.2) is 0 Å². The lowest BCUT2D eigenvalue weighted by Crippen LogP contribution is -2.25. The lowest BCUT2D eigenvalue weighted by molar-refractivity contribution is -0.152. The molecule has 1 heterocycles. The Morgan fingerprint density at radius 2 is 0.960 bits per heavy atom. The Morgan fingerprint density at radius 1 is 0.540 bits per heavy atom. The third kappa shape index (κ3) is 32.0. The minimum atomic E-state index is -0.993. The van der Waals surface area contributed by atoms with Crippen LogP contribution in [0.25, 0.3) is 0 Å². The maximum Gasteiger partial charge on any atom is 0.305 e. The van der Waals surface area contributed by atoms with E-state index in [4.69, 9.17) is 14.2 Å². The molecule has 3 atom stereocenters. The molecule has 0 aromatic carbocycles. The third-order valence-corrected chi connectivity index (χ3v) is 9.55. The number of rotatable bonds is 37. The summed E-state index contributed by atoms with van der Waals surface area (Å²) in [5.74, 6) is -0.632. The summed E-state index contributed by atoms with van der Waals surface area (Å²) in [5.41, 5.74) is 0. The lowest BCUT2D eigenvalue weighted by Gasteiger charge is -2.12. The molecule has 0 spiro atoms. The smallest absolute Gasteiger partial charge is 0.305 e. The first kappa shape index (κ1) is 46.1. The van der Waals surface area contributed by atoms with Gasteiger partial charge in [-0.3, -0.25) is 9.59 Å². The molecule has 290 valence electrons. The van der Waals surface area contributed by atoms with Gasteiger partial charge in [0, 0.05) is 12.8 Å². The van der Waals surface area contributed by atoms with Crippen LogP contribution in [0.5, 0.6) is 0 Å². The third-order valence-electron chi connectivity index (χ3n) is 9.55. The molecule has 1 N–H and O–H groups in total. The van der Waals surface area contributed by atoms with Crippen LogP contribution in [0.4, 0.5) is 0 Å². The maximum absolute atomic E-state index is 12.1. The van der Waals surface area contributed by atoms with Gasteiger partial charge in [-0.15, -0.1) is 0 Å². The fourth-order valence-corrected chi connectivity index (χ4v) is 6.23. The van der Waals surface area contributed by atoms with E-state index in [1.807, 2.05) is 0 Å². The molecule has 0 bridgehead atoms. The SMILES string of the molecule is CCCCC/C=C\C/C=C\C/C=C\CC1OC1CCCC(=O)OC[C@@H](O)COC(=O)CCCCCCCCCCCCCCCCCCCC. The van der Waals surface area contributed by atoms with Gasteiger partial charge < -0.3 is 19.3 Å². The van der Waals surface area contributed by atoms with Gasteiger partial charge >= 0.3 is 11.9 Å². The first-order valence-corrected chi connectivity index (χ1v) is 21.2. The Balaban J connectivity index is 1.85. The Kier molecular flexibility index (Phi) is 32.7. The molecule has 1 rings (SSSR count). The molecular formula is C44H78O6. The van der Waals surface area contributed by atoms with E-state index >= 15 is 0 Å². The number of hydrogen-bond donors (Lipinski definition) is 1. The van der Waals surface area contributed by atoms with Gasteiger partial charge in [0.15, 0.2) is 0 Å². The predicted octanol–water partition coefficient (Wildman–Crippen LogP) is 12.2. The zero-order valence-corrected chi connectivity index (χ0v) is 32.6. The van der Waals surface area contributed by atoms with Gasteiger partial charge in [0.2, 0.25) is 0 Å². The van der Waals surface area contributed by atoms with Crippen molar-refractivity contribution in [3.05, 3.63) is 36.5 Å². The van der Waals surface area contributed by atoms with Crippen LogP contribution in [0.3, 0.4) is 0 Å². The average Bonchev–Trinajstić information content (AvgIpc) is 3.87. The molecule has 0 aliphatic carbocycles. The topological polar surface area (TPSA) is 85.4 Å². The van der Waals surface area contributed by atoms with Crippen molar-refractivity contribution in [2.24, 2.45) is 0 Å². The van der Waals surface area contributed by atoms with Crippen LogP contribution in [0.15, 0.2) is 36.5 Å². The van der Waals surface area contributed by atoms with E-state index in [1.54, 1.807) is 0 Å². The summed E-state index contributed by atoms with van der Waals surface area (Å²) in [7, 11) is 0. The number of carbonyl (C=O) groups is 2. The number of esters is 2. The van der Waals surface area contributed by atoms with Crippen molar-refractivity contribution in [1.29, 1.82) is 0 Å². The van der Waals surface area contributed by atoms with Gasteiger partial charge in [-0.05, 0) is 51.4 Å². The molecule has 0 aromatic rings. The molecule has 0 amide bonds. The van der Waals surface area contributed by atoms with Gasteiger partial charge in [0.1, 0.15) is 19.3 Å². The van der Waals surface area contributed by atoms with Crippen LogP contribution in [-0.4, -0.2) is 48.6 Å². The number of unbranched alkanes of at least 4 members (excludes halogenated alkanes) is 20. The number of epoxide rings is 1. The van der Waals surface area contributed by atoms with Crippen molar-refractivity contribution < 1.29 is 28.9 Å². The number of ether oxygens (including phenoxy) is 3. The Hall–Kier alpha value is -1.92. The highest BCUT2D eigenvalue weighted by atomic mass is 16.6. The number of hydrogen-bond acceptors (Lipinski definition) is 6. The van der Waals surface area contributed by atoms with Crippen molar-refractivity contribution in [1.82, 2.24) is 0 Å². The molecule has 6 nitrogen and oxygen atoms in total. The van der Waals surface area contributed by atoms with E-state index in [1.165, 1.54) is 122 Å². The fourth-order valence-electron chi connectivity index (χ4n) is 6.23. The molecule has 0 aromatic heterocycles. The minimum Gasteiger partial charge on any atom is -0.463 e. The first-order valence-electron chi connectivity index (χ1n) is 21.2. The largest absolute Gasteiger partial charge is 0.463 e. The highest BCUT2D eigenvalue weighted by Gasteiger charge is 2.36. The normalized spacial score (nSPS) is 16.5. The van der Waals surface area contributed by atoms with Crippen LogP contribution in [0.1, 0.15) is 200 Å². The van der Waals surface area contributed by atoms with Crippen LogP contribution in [-0.2, 0) is 23.8 Å². The zero-order chi connectivity index (χ0) is 36.2. The van der Waals surface area contributed by atoms with E-state index in [9.17, 15) is 14.7 Å². The highest BCUT2D eigenvalue weighted by Crippen LogP contribution is 2.30. The summed E-state index contributed by atoms with van der Waals surface area (Å²) in [6.07, 6.45) is 46.5. The summed E-state index contributed by atoms with van der Waals surface area (Å²) in [5, 5.41) is 10.1. The number of allylic oxidation sites excluding steroid dienone is 5. The highest BCUT2D eigenvalue weighted by molar-refractivity contribution is 5.69.